The molecule has 1 rings (SSSR count). The van der Waals surface area contributed by atoms with E-state index in [0.717, 1.165) is 31.5 Å². The second kappa shape index (κ2) is 7.38. The highest BCUT2D eigenvalue weighted by atomic mass is 16.5. The molecule has 17 heavy (non-hydrogen) atoms. The number of rotatable bonds is 7. The number of nitrogens with one attached hydrogen (secondary N) is 1. The summed E-state index contributed by atoms with van der Waals surface area (Å²) in [6.07, 6.45) is 8.11. The fraction of sp³-hybridized carbons (Fsp3) is 1.00. The molecule has 2 nitrogen and oxygen atoms in total. The van der Waals surface area contributed by atoms with E-state index in [1.165, 1.54) is 32.1 Å². The standard InChI is InChI=1S/C15H31NO/c1-5-13-7-6-8-14(11-13)16-12-15(2,3)9-10-17-4/h13-14,16H,5-12H2,1-4H3. The average molecular weight is 241 g/mol. The molecule has 1 fully saturated rings. The summed E-state index contributed by atoms with van der Waals surface area (Å²) < 4.78 is 5.18. The molecular weight excluding hydrogens is 210 g/mol. The van der Waals surface area contributed by atoms with Crippen LogP contribution in [0.4, 0.5) is 0 Å². The number of hydrogen-bond acceptors (Lipinski definition) is 2. The third-order valence-corrected chi connectivity index (χ3v) is 4.21. The van der Waals surface area contributed by atoms with E-state index in [-0.39, 0.29) is 0 Å². The smallest absolute Gasteiger partial charge is 0.0467 e. The maximum Gasteiger partial charge on any atom is 0.0467 e. The Labute approximate surface area is 108 Å². The highest BCUT2D eigenvalue weighted by molar-refractivity contribution is 4.80. The van der Waals surface area contributed by atoms with E-state index in [1.54, 1.807) is 7.11 Å². The van der Waals surface area contributed by atoms with Crippen LogP contribution in [0.25, 0.3) is 0 Å². The Balaban J connectivity index is 2.24. The van der Waals surface area contributed by atoms with Crippen molar-refractivity contribution in [2.75, 3.05) is 20.3 Å². The van der Waals surface area contributed by atoms with E-state index >= 15 is 0 Å². The lowest BCUT2D eigenvalue weighted by atomic mass is 9.83. The predicted molar refractivity (Wildman–Crippen MR) is 74.3 cm³/mol. The average Bonchev–Trinajstić information content (AvgIpc) is 2.34. The van der Waals surface area contributed by atoms with Gasteiger partial charge in [0.1, 0.15) is 0 Å². The summed E-state index contributed by atoms with van der Waals surface area (Å²) >= 11 is 0. The van der Waals surface area contributed by atoms with Crippen LogP contribution in [0.15, 0.2) is 0 Å². The van der Waals surface area contributed by atoms with Crippen molar-refractivity contribution in [1.29, 1.82) is 0 Å². The van der Waals surface area contributed by atoms with Gasteiger partial charge < -0.3 is 10.1 Å². The van der Waals surface area contributed by atoms with E-state index in [1.807, 2.05) is 0 Å². The van der Waals surface area contributed by atoms with Crippen molar-refractivity contribution in [3.8, 4) is 0 Å². The Morgan fingerprint density at radius 3 is 2.71 bits per heavy atom. The molecule has 0 saturated heterocycles. The summed E-state index contributed by atoms with van der Waals surface area (Å²) in [6.45, 7) is 8.99. The lowest BCUT2D eigenvalue weighted by Crippen LogP contribution is -2.40. The van der Waals surface area contributed by atoms with Gasteiger partial charge in [-0.25, -0.2) is 0 Å². The third kappa shape index (κ3) is 5.87. The van der Waals surface area contributed by atoms with Gasteiger partial charge in [0.15, 0.2) is 0 Å². The van der Waals surface area contributed by atoms with Crippen molar-refractivity contribution in [2.24, 2.45) is 11.3 Å². The van der Waals surface area contributed by atoms with E-state index < -0.39 is 0 Å². The summed E-state index contributed by atoms with van der Waals surface area (Å²) in [4.78, 5) is 0. The largest absolute Gasteiger partial charge is 0.385 e. The molecule has 0 aromatic heterocycles. The normalized spacial score (nSPS) is 26.1. The number of hydrogen-bond donors (Lipinski definition) is 1. The SMILES string of the molecule is CCC1CCCC(NCC(C)(C)CCOC)C1. The van der Waals surface area contributed by atoms with Crippen LogP contribution in [-0.4, -0.2) is 26.3 Å². The molecular formula is C15H31NO. The van der Waals surface area contributed by atoms with E-state index in [9.17, 15) is 0 Å². The Morgan fingerprint density at radius 1 is 1.29 bits per heavy atom. The zero-order valence-corrected chi connectivity index (χ0v) is 12.2. The summed E-state index contributed by atoms with van der Waals surface area (Å²) in [5, 5.41) is 3.78. The van der Waals surface area contributed by atoms with Crippen LogP contribution in [0, 0.1) is 11.3 Å². The molecule has 0 heterocycles. The second-order valence-electron chi connectivity index (χ2n) is 6.43. The van der Waals surface area contributed by atoms with Gasteiger partial charge in [-0.15, -0.1) is 0 Å². The van der Waals surface area contributed by atoms with Crippen LogP contribution in [-0.2, 0) is 4.74 Å². The van der Waals surface area contributed by atoms with Crippen LogP contribution in [0.3, 0.4) is 0 Å². The van der Waals surface area contributed by atoms with E-state index in [4.69, 9.17) is 4.74 Å². The summed E-state index contributed by atoms with van der Waals surface area (Å²) in [6, 6.07) is 0.760. The molecule has 1 saturated carbocycles. The summed E-state index contributed by atoms with van der Waals surface area (Å²) in [5.74, 6) is 0.961. The van der Waals surface area contributed by atoms with Crippen LogP contribution in [0.5, 0.6) is 0 Å². The first-order valence-electron chi connectivity index (χ1n) is 7.29. The first-order chi connectivity index (χ1) is 8.07. The minimum atomic E-state index is 0.356. The fourth-order valence-corrected chi connectivity index (χ4v) is 2.73. The molecule has 0 aliphatic heterocycles. The van der Waals surface area contributed by atoms with Gasteiger partial charge in [-0.05, 0) is 30.6 Å². The molecule has 102 valence electrons. The van der Waals surface area contributed by atoms with Gasteiger partial charge in [-0.2, -0.15) is 0 Å². The molecule has 2 heteroatoms. The lowest BCUT2D eigenvalue weighted by Gasteiger charge is -2.33. The first-order valence-corrected chi connectivity index (χ1v) is 7.29. The van der Waals surface area contributed by atoms with Crippen LogP contribution < -0.4 is 5.32 Å². The molecule has 1 aliphatic rings. The molecule has 0 radical (unpaired) electrons. The zero-order chi connectivity index (χ0) is 12.7. The fourth-order valence-electron chi connectivity index (χ4n) is 2.73. The Bertz CT molecular complexity index is 203. The number of ether oxygens (including phenoxy) is 1. The molecule has 0 spiro atoms. The van der Waals surface area contributed by atoms with Crippen molar-refractivity contribution in [3.05, 3.63) is 0 Å². The first kappa shape index (κ1) is 15.0. The van der Waals surface area contributed by atoms with Gasteiger partial charge >= 0.3 is 0 Å². The van der Waals surface area contributed by atoms with Gasteiger partial charge in [0.2, 0.25) is 0 Å². The molecule has 1 N–H and O–H groups in total. The van der Waals surface area contributed by atoms with Gasteiger partial charge in [-0.3, -0.25) is 0 Å². The highest BCUT2D eigenvalue weighted by Gasteiger charge is 2.23. The van der Waals surface area contributed by atoms with Gasteiger partial charge in [0, 0.05) is 26.3 Å². The van der Waals surface area contributed by atoms with Crippen LogP contribution >= 0.6 is 0 Å². The maximum atomic E-state index is 5.18. The Hall–Kier alpha value is -0.0800. The topological polar surface area (TPSA) is 21.3 Å². The molecule has 2 atom stereocenters. The number of methoxy groups -OCH3 is 1. The summed E-state index contributed by atoms with van der Waals surface area (Å²) in [5.41, 5.74) is 0.356. The van der Waals surface area contributed by atoms with Crippen molar-refractivity contribution in [2.45, 2.75) is 65.3 Å². The second-order valence-corrected chi connectivity index (χ2v) is 6.43. The molecule has 0 aromatic rings. The van der Waals surface area contributed by atoms with Crippen molar-refractivity contribution in [3.63, 3.8) is 0 Å². The van der Waals surface area contributed by atoms with Crippen LogP contribution in [0.1, 0.15) is 59.3 Å². The third-order valence-electron chi connectivity index (χ3n) is 4.21. The Morgan fingerprint density at radius 2 is 2.06 bits per heavy atom. The highest BCUT2D eigenvalue weighted by Crippen LogP contribution is 2.27. The van der Waals surface area contributed by atoms with Crippen molar-refractivity contribution >= 4 is 0 Å². The molecule has 0 amide bonds. The van der Waals surface area contributed by atoms with E-state index in [0.29, 0.717) is 5.41 Å². The van der Waals surface area contributed by atoms with Gasteiger partial charge in [0.05, 0.1) is 0 Å². The minimum absolute atomic E-state index is 0.356. The van der Waals surface area contributed by atoms with Crippen LogP contribution in [0.2, 0.25) is 0 Å². The molecule has 2 unspecified atom stereocenters. The molecule has 0 aromatic carbocycles. The zero-order valence-electron chi connectivity index (χ0n) is 12.2. The van der Waals surface area contributed by atoms with Crippen molar-refractivity contribution < 1.29 is 4.74 Å². The van der Waals surface area contributed by atoms with Gasteiger partial charge in [0.25, 0.3) is 0 Å². The monoisotopic (exact) mass is 241 g/mol. The summed E-state index contributed by atoms with van der Waals surface area (Å²) in [7, 11) is 1.79. The quantitative estimate of drug-likeness (QED) is 0.735. The van der Waals surface area contributed by atoms with Gasteiger partial charge in [-0.1, -0.05) is 40.0 Å². The lowest BCUT2D eigenvalue weighted by molar-refractivity contribution is 0.145. The molecule has 1 aliphatic carbocycles. The minimum Gasteiger partial charge on any atom is -0.385 e. The van der Waals surface area contributed by atoms with Crippen molar-refractivity contribution in [1.82, 2.24) is 5.32 Å². The maximum absolute atomic E-state index is 5.18. The predicted octanol–water partition coefficient (Wildman–Crippen LogP) is 3.61. The molecule has 0 bridgehead atoms. The van der Waals surface area contributed by atoms with E-state index in [2.05, 4.69) is 26.1 Å². The Kier molecular flexibility index (Phi) is 6.50.